The molecule has 2 rings (SSSR count). The van der Waals surface area contributed by atoms with Crippen molar-refractivity contribution in [3.05, 3.63) is 35.9 Å². The minimum atomic E-state index is -0.124. The van der Waals surface area contributed by atoms with Gasteiger partial charge in [0, 0.05) is 5.41 Å². The fraction of sp³-hybridized carbons (Fsp3) is 0.462. The van der Waals surface area contributed by atoms with Gasteiger partial charge >= 0.3 is 0 Å². The highest BCUT2D eigenvalue weighted by Gasteiger charge is 2.39. The molecule has 0 saturated heterocycles. The summed E-state index contributed by atoms with van der Waals surface area (Å²) in [6.07, 6.45) is 4.52. The van der Waals surface area contributed by atoms with Crippen LogP contribution < -0.4 is 0 Å². The van der Waals surface area contributed by atoms with Gasteiger partial charge in [0.2, 0.25) is 0 Å². The predicted octanol–water partition coefficient (Wildman–Crippen LogP) is 3.16. The summed E-state index contributed by atoms with van der Waals surface area (Å²) in [5.41, 5.74) is 1.20. The standard InChI is InChI=1S/C13H16O/c1-13(10-14)9-5-8-12(13)11-6-3-2-4-7-11/h2-4,6-7,10,12H,5,8-9H2,1H3. The topological polar surface area (TPSA) is 17.1 Å². The predicted molar refractivity (Wildman–Crippen MR) is 57.2 cm³/mol. The zero-order valence-corrected chi connectivity index (χ0v) is 8.57. The van der Waals surface area contributed by atoms with Crippen LogP contribution in [0.3, 0.4) is 0 Å². The Labute approximate surface area is 85.1 Å². The Balaban J connectivity index is 2.31. The molecule has 1 aliphatic carbocycles. The first kappa shape index (κ1) is 9.45. The molecule has 1 aliphatic rings. The molecule has 74 valence electrons. The van der Waals surface area contributed by atoms with E-state index in [1.807, 2.05) is 6.07 Å². The third kappa shape index (κ3) is 1.47. The van der Waals surface area contributed by atoms with Crippen molar-refractivity contribution >= 4 is 6.29 Å². The van der Waals surface area contributed by atoms with Crippen molar-refractivity contribution < 1.29 is 4.79 Å². The van der Waals surface area contributed by atoms with E-state index in [0.717, 1.165) is 19.1 Å². The molecular weight excluding hydrogens is 172 g/mol. The van der Waals surface area contributed by atoms with Gasteiger partial charge in [-0.05, 0) is 24.3 Å². The van der Waals surface area contributed by atoms with Crippen molar-refractivity contribution in [1.29, 1.82) is 0 Å². The van der Waals surface area contributed by atoms with E-state index < -0.39 is 0 Å². The van der Waals surface area contributed by atoms with Crippen LogP contribution in [-0.4, -0.2) is 6.29 Å². The van der Waals surface area contributed by atoms with Gasteiger partial charge in [0.05, 0.1) is 0 Å². The van der Waals surface area contributed by atoms with Gasteiger partial charge in [0.15, 0.2) is 0 Å². The maximum atomic E-state index is 11.1. The molecule has 0 bridgehead atoms. The summed E-state index contributed by atoms with van der Waals surface area (Å²) in [6, 6.07) is 10.4. The SMILES string of the molecule is CC1(C=O)CCCC1c1ccccc1. The summed E-state index contributed by atoms with van der Waals surface area (Å²) >= 11 is 0. The summed E-state index contributed by atoms with van der Waals surface area (Å²) < 4.78 is 0. The number of rotatable bonds is 2. The van der Waals surface area contributed by atoms with Crippen LogP contribution in [-0.2, 0) is 4.79 Å². The van der Waals surface area contributed by atoms with Crippen LogP contribution in [0.25, 0.3) is 0 Å². The van der Waals surface area contributed by atoms with Crippen LogP contribution in [0.5, 0.6) is 0 Å². The summed E-state index contributed by atoms with van der Waals surface area (Å²) in [5.74, 6) is 0.432. The highest BCUT2D eigenvalue weighted by Crippen LogP contribution is 2.47. The van der Waals surface area contributed by atoms with Crippen LogP contribution in [0.1, 0.15) is 37.7 Å². The van der Waals surface area contributed by atoms with E-state index in [9.17, 15) is 4.79 Å². The Kier molecular flexibility index (Phi) is 2.40. The van der Waals surface area contributed by atoms with E-state index >= 15 is 0 Å². The second-order valence-electron chi connectivity index (χ2n) is 4.48. The van der Waals surface area contributed by atoms with E-state index in [1.54, 1.807) is 0 Å². The van der Waals surface area contributed by atoms with E-state index in [4.69, 9.17) is 0 Å². The maximum Gasteiger partial charge on any atom is 0.126 e. The van der Waals surface area contributed by atoms with Gasteiger partial charge in [0.25, 0.3) is 0 Å². The van der Waals surface area contributed by atoms with Crippen LogP contribution in [0.15, 0.2) is 30.3 Å². The number of hydrogen-bond acceptors (Lipinski definition) is 1. The third-order valence-corrected chi connectivity index (χ3v) is 3.48. The van der Waals surface area contributed by atoms with Gasteiger partial charge < -0.3 is 4.79 Å². The van der Waals surface area contributed by atoms with Crippen molar-refractivity contribution in [2.45, 2.75) is 32.1 Å². The largest absolute Gasteiger partial charge is 0.303 e. The lowest BCUT2D eigenvalue weighted by Crippen LogP contribution is -2.21. The molecular formula is C13H16O. The average Bonchev–Trinajstić information content (AvgIpc) is 2.63. The highest BCUT2D eigenvalue weighted by atomic mass is 16.1. The minimum absolute atomic E-state index is 0.124. The quantitative estimate of drug-likeness (QED) is 0.651. The van der Waals surface area contributed by atoms with E-state index in [2.05, 4.69) is 31.2 Å². The Bertz CT molecular complexity index is 317. The van der Waals surface area contributed by atoms with Crippen LogP contribution >= 0.6 is 0 Å². The Morgan fingerprint density at radius 3 is 2.71 bits per heavy atom. The molecule has 0 spiro atoms. The minimum Gasteiger partial charge on any atom is -0.303 e. The first-order valence-electron chi connectivity index (χ1n) is 5.27. The molecule has 0 aliphatic heterocycles. The molecule has 0 aromatic heterocycles. The molecule has 1 nitrogen and oxygen atoms in total. The normalized spacial score (nSPS) is 31.6. The van der Waals surface area contributed by atoms with Gasteiger partial charge in [-0.1, -0.05) is 43.7 Å². The summed E-state index contributed by atoms with van der Waals surface area (Å²) in [6.45, 7) is 2.09. The number of carbonyl (C=O) groups excluding carboxylic acids is 1. The van der Waals surface area contributed by atoms with E-state index in [0.29, 0.717) is 5.92 Å². The molecule has 14 heavy (non-hydrogen) atoms. The lowest BCUT2D eigenvalue weighted by atomic mass is 9.77. The molecule has 1 aromatic rings. The van der Waals surface area contributed by atoms with E-state index in [-0.39, 0.29) is 5.41 Å². The maximum absolute atomic E-state index is 11.1. The zero-order valence-electron chi connectivity index (χ0n) is 8.57. The van der Waals surface area contributed by atoms with Crippen molar-refractivity contribution in [3.8, 4) is 0 Å². The van der Waals surface area contributed by atoms with Crippen LogP contribution in [0, 0.1) is 5.41 Å². The Hall–Kier alpha value is -1.11. The Morgan fingerprint density at radius 1 is 1.36 bits per heavy atom. The molecule has 0 heterocycles. The average molecular weight is 188 g/mol. The number of benzene rings is 1. The lowest BCUT2D eigenvalue weighted by molar-refractivity contribution is -0.115. The third-order valence-electron chi connectivity index (χ3n) is 3.48. The zero-order chi connectivity index (χ0) is 10.0. The molecule has 1 aromatic carbocycles. The van der Waals surface area contributed by atoms with Crippen LogP contribution in [0.4, 0.5) is 0 Å². The fourth-order valence-corrected chi connectivity index (χ4v) is 2.56. The lowest BCUT2D eigenvalue weighted by Gasteiger charge is -2.25. The van der Waals surface area contributed by atoms with Gasteiger partial charge in [-0.15, -0.1) is 0 Å². The van der Waals surface area contributed by atoms with Crippen molar-refractivity contribution in [2.24, 2.45) is 5.41 Å². The molecule has 1 saturated carbocycles. The Morgan fingerprint density at radius 2 is 2.07 bits per heavy atom. The highest BCUT2D eigenvalue weighted by molar-refractivity contribution is 5.62. The molecule has 0 N–H and O–H groups in total. The fourth-order valence-electron chi connectivity index (χ4n) is 2.56. The second kappa shape index (κ2) is 3.56. The summed E-state index contributed by atoms with van der Waals surface area (Å²) in [7, 11) is 0. The molecule has 0 radical (unpaired) electrons. The van der Waals surface area contributed by atoms with Crippen molar-refractivity contribution in [1.82, 2.24) is 0 Å². The van der Waals surface area contributed by atoms with Gasteiger partial charge in [0.1, 0.15) is 6.29 Å². The smallest absolute Gasteiger partial charge is 0.126 e. The number of aldehydes is 1. The summed E-state index contributed by atoms with van der Waals surface area (Å²) in [5, 5.41) is 0. The number of hydrogen-bond donors (Lipinski definition) is 0. The molecule has 1 fully saturated rings. The summed E-state index contributed by atoms with van der Waals surface area (Å²) in [4.78, 5) is 11.1. The molecule has 1 heteroatoms. The van der Waals surface area contributed by atoms with E-state index in [1.165, 1.54) is 12.0 Å². The van der Waals surface area contributed by atoms with Crippen molar-refractivity contribution in [3.63, 3.8) is 0 Å². The molecule has 2 unspecified atom stereocenters. The first-order chi connectivity index (χ1) is 6.76. The van der Waals surface area contributed by atoms with Gasteiger partial charge in [-0.3, -0.25) is 0 Å². The first-order valence-corrected chi connectivity index (χ1v) is 5.27. The molecule has 0 amide bonds. The molecule has 2 atom stereocenters. The number of carbonyl (C=O) groups is 1. The van der Waals surface area contributed by atoms with Gasteiger partial charge in [-0.25, -0.2) is 0 Å². The second-order valence-corrected chi connectivity index (χ2v) is 4.48. The van der Waals surface area contributed by atoms with Crippen LogP contribution in [0.2, 0.25) is 0 Å². The van der Waals surface area contributed by atoms with Crippen molar-refractivity contribution in [2.75, 3.05) is 0 Å². The monoisotopic (exact) mass is 188 g/mol. The van der Waals surface area contributed by atoms with Gasteiger partial charge in [-0.2, -0.15) is 0 Å².